The van der Waals surface area contributed by atoms with Crippen LogP contribution >= 0.6 is 8.25 Å². The molecule has 0 aliphatic carbocycles. The summed E-state index contributed by atoms with van der Waals surface area (Å²) >= 11 is 0. The molecule has 0 spiro atoms. The molecule has 0 aliphatic heterocycles. The molecule has 1 rings (SSSR count). The molecular formula is C4H7NO4P+. The van der Waals surface area contributed by atoms with Crippen LogP contribution in [0, 0.1) is 0 Å². The number of rotatable bonds is 1. The molecule has 0 bridgehead atoms. The minimum Gasteiger partial charge on any atom is -0.473 e. The van der Waals surface area contributed by atoms with Crippen LogP contribution in [0.3, 0.4) is 0 Å². The van der Waals surface area contributed by atoms with Gasteiger partial charge in [0, 0.05) is 4.57 Å². The smallest absolute Gasteiger partial charge is 0.473 e. The molecule has 0 amide bonds. The summed E-state index contributed by atoms with van der Waals surface area (Å²) in [6.07, 6.45) is 3.25. The summed E-state index contributed by atoms with van der Waals surface area (Å²) in [6, 6.07) is 3.67. The van der Waals surface area contributed by atoms with Gasteiger partial charge in [-0.05, 0) is 16.8 Å². The van der Waals surface area contributed by atoms with Gasteiger partial charge in [0.25, 0.3) is 0 Å². The fourth-order valence-electron chi connectivity index (χ4n) is 0.227. The van der Waals surface area contributed by atoms with Crippen LogP contribution in [-0.2, 0) is 9.19 Å². The van der Waals surface area contributed by atoms with Gasteiger partial charge >= 0.3 is 8.25 Å². The van der Waals surface area contributed by atoms with E-state index in [4.69, 9.17) is 9.46 Å². The van der Waals surface area contributed by atoms with E-state index in [2.05, 4.69) is 14.9 Å². The predicted octanol–water partition coefficient (Wildman–Crippen LogP) is 0.806. The second-order valence-electron chi connectivity index (χ2n) is 1.14. The third-order valence-corrected chi connectivity index (χ3v) is 0.696. The zero-order chi connectivity index (χ0) is 7.82. The van der Waals surface area contributed by atoms with E-state index in [9.17, 15) is 0 Å². The fraction of sp³-hybridized carbons (Fsp3) is 0. The predicted molar refractivity (Wildman–Crippen MR) is 33.8 cm³/mol. The van der Waals surface area contributed by atoms with Gasteiger partial charge in [0.1, 0.15) is 0 Å². The maximum atomic E-state index is 9.17. The molecule has 1 heterocycles. The van der Waals surface area contributed by atoms with Crippen molar-refractivity contribution in [2.75, 3.05) is 0 Å². The second kappa shape index (κ2) is 6.38. The highest BCUT2D eigenvalue weighted by molar-refractivity contribution is 7.32. The van der Waals surface area contributed by atoms with E-state index >= 15 is 0 Å². The normalized spacial score (nSPS) is 9.60. The highest BCUT2D eigenvalue weighted by atomic mass is 31.1. The average molecular weight is 164 g/mol. The molecule has 0 aromatic carbocycles. The van der Waals surface area contributed by atoms with Crippen LogP contribution in [0.15, 0.2) is 29.1 Å². The Hall–Kier alpha value is -0.740. The summed E-state index contributed by atoms with van der Waals surface area (Å²) in [5.41, 5.74) is 0. The van der Waals surface area contributed by atoms with Crippen LogP contribution in [0.25, 0.3) is 0 Å². The van der Waals surface area contributed by atoms with Crippen molar-refractivity contribution in [2.45, 2.75) is 0 Å². The highest BCUT2D eigenvalue weighted by Gasteiger charge is 2.04. The number of nitrogens with two attached hydrogens (primary N) is 1. The molecule has 3 N–H and O–H groups in total. The van der Waals surface area contributed by atoms with E-state index in [0.717, 1.165) is 0 Å². The summed E-state index contributed by atoms with van der Waals surface area (Å²) in [4.78, 5) is 7.52. The molecule has 1 aromatic heterocycles. The van der Waals surface area contributed by atoms with Gasteiger partial charge in [-0.1, -0.05) is 0 Å². The average Bonchev–Trinajstić information content (AvgIpc) is 2.43. The first-order valence-electron chi connectivity index (χ1n) is 2.27. The largest absolute Gasteiger partial charge is 0.713 e. The third kappa shape index (κ3) is 7.26. The zero-order valence-electron chi connectivity index (χ0n) is 5.01. The molecule has 0 fully saturated rings. The summed E-state index contributed by atoms with van der Waals surface area (Å²) in [7, 11) is -2.57. The Morgan fingerprint density at radius 3 is 2.00 bits per heavy atom. The Kier molecular flexibility index (Phi) is 5.91. The van der Waals surface area contributed by atoms with Crippen LogP contribution in [0.1, 0.15) is 0 Å². The van der Waals surface area contributed by atoms with Gasteiger partial charge in [-0.25, -0.2) is 0 Å². The number of hydrogen-bond acceptors (Lipinski definition) is 4. The molecule has 5 nitrogen and oxygen atoms in total. The summed E-state index contributed by atoms with van der Waals surface area (Å²) in [6.45, 7) is 0. The van der Waals surface area contributed by atoms with Crippen LogP contribution in [0.4, 0.5) is 0 Å². The number of hydrogen-bond donors (Lipinski definition) is 2. The van der Waals surface area contributed by atoms with Crippen molar-refractivity contribution in [3.8, 4) is 0 Å². The van der Waals surface area contributed by atoms with Crippen molar-refractivity contribution in [3.05, 3.63) is 24.7 Å². The van der Waals surface area contributed by atoms with Crippen LogP contribution in [0.2, 0.25) is 0 Å². The summed E-state index contributed by atoms with van der Waals surface area (Å²) < 4.78 is 17.1. The fourth-order valence-corrected chi connectivity index (χ4v) is 0.227. The Morgan fingerprint density at radius 1 is 1.50 bits per heavy atom. The van der Waals surface area contributed by atoms with E-state index in [0.29, 0.717) is 0 Å². The lowest BCUT2D eigenvalue weighted by Crippen LogP contribution is -1.84. The maximum Gasteiger partial charge on any atom is 0.713 e. The minimum atomic E-state index is -2.57. The van der Waals surface area contributed by atoms with E-state index in [1.807, 2.05) is 12.1 Å². The lowest BCUT2D eigenvalue weighted by Gasteiger charge is -1.55. The molecule has 0 saturated heterocycles. The molecular weight excluding hydrogens is 157 g/mol. The van der Waals surface area contributed by atoms with Crippen molar-refractivity contribution >= 4 is 8.25 Å². The topological polar surface area (TPSA) is 85.7 Å². The molecule has 10 heavy (non-hydrogen) atoms. The van der Waals surface area contributed by atoms with Gasteiger partial charge in [-0.15, -0.1) is 4.89 Å². The van der Waals surface area contributed by atoms with Crippen molar-refractivity contribution in [3.63, 3.8) is 0 Å². The monoisotopic (exact) mass is 164 g/mol. The lowest BCUT2D eigenvalue weighted by molar-refractivity contribution is 0.292. The molecule has 6 heteroatoms. The van der Waals surface area contributed by atoms with E-state index < -0.39 is 8.25 Å². The Balaban J connectivity index is 0.000000162. The van der Waals surface area contributed by atoms with E-state index in [1.54, 1.807) is 12.5 Å². The summed E-state index contributed by atoms with van der Waals surface area (Å²) in [5.74, 6) is 4.14. The third-order valence-electron chi connectivity index (χ3n) is 0.516. The van der Waals surface area contributed by atoms with Gasteiger partial charge < -0.3 is 4.42 Å². The molecule has 0 aliphatic rings. The number of furan rings is 1. The van der Waals surface area contributed by atoms with Gasteiger partial charge in [0.15, 0.2) is 0 Å². The maximum absolute atomic E-state index is 9.17. The minimum absolute atomic E-state index is 1.62. The van der Waals surface area contributed by atoms with Crippen molar-refractivity contribution in [1.82, 2.24) is 0 Å². The molecule has 0 saturated carbocycles. The van der Waals surface area contributed by atoms with Crippen molar-refractivity contribution in [1.29, 1.82) is 0 Å². The first kappa shape index (κ1) is 9.26. The van der Waals surface area contributed by atoms with Gasteiger partial charge in [-0.2, -0.15) is 5.90 Å². The first-order valence-corrected chi connectivity index (χ1v) is 3.40. The lowest BCUT2D eigenvalue weighted by atomic mass is 10.7. The Bertz CT molecular complexity index is 147. The van der Waals surface area contributed by atoms with Crippen LogP contribution < -0.4 is 5.90 Å². The van der Waals surface area contributed by atoms with Crippen LogP contribution in [-0.4, -0.2) is 4.89 Å². The molecule has 1 atom stereocenters. The van der Waals surface area contributed by atoms with Crippen molar-refractivity contribution < 1.29 is 18.5 Å². The second-order valence-corrected chi connectivity index (χ2v) is 1.82. The quantitative estimate of drug-likeness (QED) is 0.473. The zero-order valence-corrected chi connectivity index (χ0v) is 5.90. The van der Waals surface area contributed by atoms with Crippen LogP contribution in [0.5, 0.6) is 0 Å². The standard InChI is InChI=1S/C4H4O.H2NO3P/c1-2-4-5-3-1;1-4-5(2)3/h1-4H;1H2/p+1. The SMILES string of the molecule is NO[P+](=O)O.c1ccoc1. The summed E-state index contributed by atoms with van der Waals surface area (Å²) in [5, 5.41) is 0. The van der Waals surface area contributed by atoms with Gasteiger partial charge in [-0.3, -0.25) is 0 Å². The molecule has 1 aromatic rings. The van der Waals surface area contributed by atoms with E-state index in [-0.39, 0.29) is 0 Å². The van der Waals surface area contributed by atoms with Crippen molar-refractivity contribution in [2.24, 2.45) is 5.90 Å². The van der Waals surface area contributed by atoms with Gasteiger partial charge in [0.2, 0.25) is 0 Å². The van der Waals surface area contributed by atoms with E-state index in [1.165, 1.54) is 0 Å². The highest BCUT2D eigenvalue weighted by Crippen LogP contribution is 2.07. The molecule has 1 unspecified atom stereocenters. The Morgan fingerprint density at radius 2 is 1.90 bits per heavy atom. The van der Waals surface area contributed by atoms with Gasteiger partial charge in [0.05, 0.1) is 12.5 Å². The Labute approximate surface area is 58.3 Å². The molecule has 56 valence electrons. The first-order chi connectivity index (χ1) is 4.77. The molecule has 0 radical (unpaired) electrons.